The Morgan fingerprint density at radius 3 is 2.76 bits per heavy atom. The van der Waals surface area contributed by atoms with Gasteiger partial charge in [-0.1, -0.05) is 11.8 Å². The van der Waals surface area contributed by atoms with Crippen molar-refractivity contribution in [3.63, 3.8) is 0 Å². The van der Waals surface area contributed by atoms with Crippen LogP contribution in [0.3, 0.4) is 0 Å². The summed E-state index contributed by atoms with van der Waals surface area (Å²) in [4.78, 5) is 22.6. The number of hydrogen-bond acceptors (Lipinski definition) is 5. The summed E-state index contributed by atoms with van der Waals surface area (Å²) >= 11 is 1.17. The molecule has 0 saturated heterocycles. The molecule has 2 aromatic rings. The number of rotatable bonds is 4. The molecule has 0 atom stereocenters. The van der Waals surface area contributed by atoms with Crippen LogP contribution in [0.15, 0.2) is 30.1 Å². The van der Waals surface area contributed by atoms with Crippen LogP contribution in [0.1, 0.15) is 5.69 Å². The average Bonchev–Trinajstić information content (AvgIpc) is 2.69. The maximum Gasteiger partial charge on any atom is 0.313 e. The van der Waals surface area contributed by atoms with Crippen molar-refractivity contribution in [3.8, 4) is 5.69 Å². The molecule has 17 heavy (non-hydrogen) atoms. The minimum Gasteiger partial charge on any atom is -0.481 e. The number of hydrogen-bond donors (Lipinski definition) is 1. The van der Waals surface area contributed by atoms with E-state index < -0.39 is 5.97 Å². The van der Waals surface area contributed by atoms with Crippen molar-refractivity contribution in [2.24, 2.45) is 0 Å². The van der Waals surface area contributed by atoms with E-state index in [1.807, 2.05) is 11.5 Å². The molecule has 0 aromatic carbocycles. The van der Waals surface area contributed by atoms with Crippen LogP contribution in [0.5, 0.6) is 0 Å². The van der Waals surface area contributed by atoms with Crippen LogP contribution in [-0.4, -0.2) is 36.3 Å². The summed E-state index contributed by atoms with van der Waals surface area (Å²) in [5, 5.41) is 9.29. The van der Waals surface area contributed by atoms with Gasteiger partial charge < -0.3 is 5.11 Å². The molecule has 0 aliphatic carbocycles. The predicted molar refractivity (Wildman–Crippen MR) is 62.3 cm³/mol. The Hall–Kier alpha value is -1.89. The lowest BCUT2D eigenvalue weighted by atomic mass is 10.4. The number of carboxylic acids is 1. The van der Waals surface area contributed by atoms with Gasteiger partial charge in [0.25, 0.3) is 0 Å². The van der Waals surface area contributed by atoms with Gasteiger partial charge in [0.1, 0.15) is 6.33 Å². The van der Waals surface area contributed by atoms with E-state index in [1.165, 1.54) is 18.1 Å². The Kier molecular flexibility index (Phi) is 3.38. The number of aliphatic carboxylic acids is 1. The van der Waals surface area contributed by atoms with Gasteiger partial charge in [0, 0.05) is 11.9 Å². The fourth-order valence-electron chi connectivity index (χ4n) is 1.36. The predicted octanol–water partition coefficient (Wildman–Crippen LogP) is 1.15. The molecule has 1 N–H and O–H groups in total. The summed E-state index contributed by atoms with van der Waals surface area (Å²) in [6, 6.07) is 0. The molecule has 0 spiro atoms. The highest BCUT2D eigenvalue weighted by Crippen LogP contribution is 2.21. The minimum absolute atomic E-state index is 0.0237. The largest absolute Gasteiger partial charge is 0.481 e. The molecule has 0 bridgehead atoms. The standard InChI is InChI=1S/C10H10N4O2S/c1-7-2-13-10(17-5-9(15)16)14(7)8-3-11-6-12-4-8/h2-4,6H,5H2,1H3,(H,15,16). The van der Waals surface area contributed by atoms with E-state index in [-0.39, 0.29) is 5.75 Å². The second kappa shape index (κ2) is 4.96. The van der Waals surface area contributed by atoms with E-state index in [1.54, 1.807) is 18.6 Å². The van der Waals surface area contributed by atoms with E-state index in [9.17, 15) is 4.79 Å². The molecule has 2 rings (SSSR count). The maximum atomic E-state index is 10.5. The van der Waals surface area contributed by atoms with Crippen molar-refractivity contribution in [1.29, 1.82) is 0 Å². The summed E-state index contributed by atoms with van der Waals surface area (Å²) in [5.74, 6) is -0.893. The first-order chi connectivity index (χ1) is 8.18. The van der Waals surface area contributed by atoms with Crippen LogP contribution in [0.2, 0.25) is 0 Å². The lowest BCUT2D eigenvalue weighted by Gasteiger charge is -2.07. The molecule has 2 aromatic heterocycles. The highest BCUT2D eigenvalue weighted by Gasteiger charge is 2.11. The zero-order chi connectivity index (χ0) is 12.3. The molecule has 0 radical (unpaired) electrons. The first-order valence-electron chi connectivity index (χ1n) is 4.83. The molecular weight excluding hydrogens is 240 g/mol. The van der Waals surface area contributed by atoms with Gasteiger partial charge in [-0.3, -0.25) is 9.36 Å². The number of carboxylic acid groups (broad SMARTS) is 1. The molecule has 0 aliphatic heterocycles. The van der Waals surface area contributed by atoms with Crippen LogP contribution in [0, 0.1) is 6.92 Å². The number of aromatic nitrogens is 4. The topological polar surface area (TPSA) is 80.9 Å². The SMILES string of the molecule is Cc1cnc(SCC(=O)O)n1-c1cncnc1. The van der Waals surface area contributed by atoms with Crippen molar-refractivity contribution < 1.29 is 9.90 Å². The Bertz CT molecular complexity index is 526. The van der Waals surface area contributed by atoms with Crippen LogP contribution in [0.25, 0.3) is 5.69 Å². The summed E-state index contributed by atoms with van der Waals surface area (Å²) in [6.45, 7) is 1.89. The van der Waals surface area contributed by atoms with Crippen molar-refractivity contribution in [1.82, 2.24) is 19.5 Å². The van der Waals surface area contributed by atoms with Gasteiger partial charge in [0.05, 0.1) is 23.8 Å². The third-order valence-corrected chi connectivity index (χ3v) is 2.97. The summed E-state index contributed by atoms with van der Waals surface area (Å²) in [5.41, 5.74) is 1.68. The van der Waals surface area contributed by atoms with Gasteiger partial charge in [-0.25, -0.2) is 15.0 Å². The normalized spacial score (nSPS) is 10.4. The molecule has 0 amide bonds. The molecule has 2 heterocycles. The fraction of sp³-hybridized carbons (Fsp3) is 0.200. The summed E-state index contributed by atoms with van der Waals surface area (Å²) < 4.78 is 1.83. The molecule has 0 aliphatic rings. The van der Waals surface area contributed by atoms with Crippen molar-refractivity contribution in [2.45, 2.75) is 12.1 Å². The maximum absolute atomic E-state index is 10.5. The number of aryl methyl sites for hydroxylation is 1. The summed E-state index contributed by atoms with van der Waals surface area (Å²) in [7, 11) is 0. The van der Waals surface area contributed by atoms with E-state index in [0.717, 1.165) is 11.4 Å². The molecule has 0 saturated carbocycles. The fourth-order valence-corrected chi connectivity index (χ4v) is 2.12. The highest BCUT2D eigenvalue weighted by atomic mass is 32.2. The Morgan fingerprint density at radius 1 is 1.41 bits per heavy atom. The minimum atomic E-state index is -0.869. The first kappa shape index (κ1) is 11.6. The first-order valence-corrected chi connectivity index (χ1v) is 5.81. The second-order valence-corrected chi connectivity index (χ2v) is 4.24. The molecule has 88 valence electrons. The van der Waals surface area contributed by atoms with Gasteiger partial charge in [0.15, 0.2) is 5.16 Å². The third kappa shape index (κ3) is 2.62. The third-order valence-electron chi connectivity index (χ3n) is 2.04. The molecule has 6 nitrogen and oxygen atoms in total. The zero-order valence-electron chi connectivity index (χ0n) is 9.07. The van der Waals surface area contributed by atoms with Crippen LogP contribution in [-0.2, 0) is 4.79 Å². The van der Waals surface area contributed by atoms with E-state index in [2.05, 4.69) is 15.0 Å². The van der Waals surface area contributed by atoms with Crippen molar-refractivity contribution >= 4 is 17.7 Å². The lowest BCUT2D eigenvalue weighted by molar-refractivity contribution is -0.133. The molecule has 0 unspecified atom stereocenters. The van der Waals surface area contributed by atoms with Gasteiger partial charge in [0.2, 0.25) is 0 Å². The Morgan fingerprint density at radius 2 is 2.12 bits per heavy atom. The Balaban J connectivity index is 2.33. The quantitative estimate of drug-likeness (QED) is 0.820. The van der Waals surface area contributed by atoms with Crippen LogP contribution < -0.4 is 0 Å². The second-order valence-electron chi connectivity index (χ2n) is 3.30. The number of nitrogens with zero attached hydrogens (tertiary/aromatic N) is 4. The van der Waals surface area contributed by atoms with Gasteiger partial charge in [-0.05, 0) is 6.92 Å². The highest BCUT2D eigenvalue weighted by molar-refractivity contribution is 7.99. The monoisotopic (exact) mass is 250 g/mol. The van der Waals surface area contributed by atoms with Gasteiger partial charge in [-0.15, -0.1) is 0 Å². The number of carbonyl (C=O) groups is 1. The Labute approximate surface area is 102 Å². The lowest BCUT2D eigenvalue weighted by Crippen LogP contribution is -2.03. The van der Waals surface area contributed by atoms with E-state index in [4.69, 9.17) is 5.11 Å². The van der Waals surface area contributed by atoms with E-state index >= 15 is 0 Å². The number of imidazole rings is 1. The van der Waals surface area contributed by atoms with Crippen LogP contribution >= 0.6 is 11.8 Å². The van der Waals surface area contributed by atoms with Gasteiger partial charge in [-0.2, -0.15) is 0 Å². The molecule has 7 heteroatoms. The van der Waals surface area contributed by atoms with Crippen LogP contribution in [0.4, 0.5) is 0 Å². The molecular formula is C10H10N4O2S. The smallest absolute Gasteiger partial charge is 0.313 e. The molecule has 0 fully saturated rings. The van der Waals surface area contributed by atoms with Crippen molar-refractivity contribution in [2.75, 3.05) is 5.75 Å². The summed E-state index contributed by atoms with van der Waals surface area (Å²) in [6.07, 6.45) is 6.45. The zero-order valence-corrected chi connectivity index (χ0v) is 9.89. The average molecular weight is 250 g/mol. The number of thioether (sulfide) groups is 1. The van der Waals surface area contributed by atoms with Gasteiger partial charge >= 0.3 is 5.97 Å². The van der Waals surface area contributed by atoms with E-state index in [0.29, 0.717) is 5.16 Å². The van der Waals surface area contributed by atoms with Crippen molar-refractivity contribution in [3.05, 3.63) is 30.6 Å².